The van der Waals surface area contributed by atoms with Crippen LogP contribution in [0.5, 0.6) is 0 Å². The average Bonchev–Trinajstić information content (AvgIpc) is 2.65. The van der Waals surface area contributed by atoms with Crippen molar-refractivity contribution >= 4 is 0 Å². The van der Waals surface area contributed by atoms with E-state index in [9.17, 15) is 0 Å². The van der Waals surface area contributed by atoms with E-state index in [0.29, 0.717) is 6.54 Å². The van der Waals surface area contributed by atoms with Crippen LogP contribution in [0.15, 0.2) is 12.5 Å². The minimum absolute atomic E-state index is 0.675. The lowest BCUT2D eigenvalue weighted by atomic mass is 10.1. The molecule has 1 saturated carbocycles. The van der Waals surface area contributed by atoms with Crippen molar-refractivity contribution in [1.82, 2.24) is 14.5 Å². The Hall–Kier alpha value is -0.870. The summed E-state index contributed by atoms with van der Waals surface area (Å²) in [6.07, 6.45) is 12.3. The van der Waals surface area contributed by atoms with Crippen molar-refractivity contribution in [3.05, 3.63) is 18.2 Å². The molecule has 0 radical (unpaired) electrons. The number of nitrogens with zero attached hydrogens (tertiary/aromatic N) is 3. The second kappa shape index (κ2) is 6.90. The Kier molecular flexibility index (Phi) is 5.20. The number of nitrogens with two attached hydrogens (primary N) is 1. The van der Waals surface area contributed by atoms with E-state index in [2.05, 4.69) is 27.7 Å². The van der Waals surface area contributed by atoms with E-state index in [1.54, 1.807) is 0 Å². The molecule has 102 valence electrons. The minimum atomic E-state index is 0.675. The zero-order valence-corrected chi connectivity index (χ0v) is 11.5. The highest BCUT2D eigenvalue weighted by atomic mass is 15.1. The van der Waals surface area contributed by atoms with Crippen LogP contribution in [-0.2, 0) is 13.1 Å². The van der Waals surface area contributed by atoms with Crippen molar-refractivity contribution < 1.29 is 0 Å². The molecular weight excluding hydrogens is 224 g/mol. The summed E-state index contributed by atoms with van der Waals surface area (Å²) in [6, 6.07) is 0.743. The first kappa shape index (κ1) is 13.6. The van der Waals surface area contributed by atoms with E-state index in [0.717, 1.165) is 24.8 Å². The standard InChI is InChI=1S/C14H26N4/c1-17(14-6-4-2-3-5-7-14)10-13-11-18(9-8-15)12-16-13/h11-12,14H,2-10,15H2,1H3. The summed E-state index contributed by atoms with van der Waals surface area (Å²) >= 11 is 0. The molecule has 1 aromatic heterocycles. The molecule has 2 N–H and O–H groups in total. The molecular formula is C14H26N4. The van der Waals surface area contributed by atoms with E-state index in [-0.39, 0.29) is 0 Å². The molecule has 0 amide bonds. The molecule has 1 aliphatic carbocycles. The molecule has 0 atom stereocenters. The van der Waals surface area contributed by atoms with Gasteiger partial charge in [-0.2, -0.15) is 0 Å². The monoisotopic (exact) mass is 250 g/mol. The van der Waals surface area contributed by atoms with Gasteiger partial charge in [0.1, 0.15) is 0 Å². The summed E-state index contributed by atoms with van der Waals surface area (Å²) in [5.74, 6) is 0. The summed E-state index contributed by atoms with van der Waals surface area (Å²) in [7, 11) is 2.23. The summed E-state index contributed by atoms with van der Waals surface area (Å²) in [6.45, 7) is 2.50. The SMILES string of the molecule is CN(Cc1cn(CCN)cn1)C1CCCCCC1. The topological polar surface area (TPSA) is 47.1 Å². The lowest BCUT2D eigenvalue weighted by Crippen LogP contribution is -2.30. The Labute approximate surface area is 110 Å². The van der Waals surface area contributed by atoms with Gasteiger partial charge in [-0.1, -0.05) is 25.7 Å². The van der Waals surface area contributed by atoms with Gasteiger partial charge in [0.05, 0.1) is 12.0 Å². The molecule has 18 heavy (non-hydrogen) atoms. The molecule has 0 saturated heterocycles. The zero-order chi connectivity index (χ0) is 12.8. The van der Waals surface area contributed by atoms with Crippen LogP contribution in [-0.4, -0.2) is 34.1 Å². The fourth-order valence-corrected chi connectivity index (χ4v) is 2.84. The normalized spacial score (nSPS) is 18.2. The van der Waals surface area contributed by atoms with Crippen LogP contribution in [0.3, 0.4) is 0 Å². The van der Waals surface area contributed by atoms with Crippen molar-refractivity contribution in [2.24, 2.45) is 5.73 Å². The highest BCUT2D eigenvalue weighted by Crippen LogP contribution is 2.21. The Morgan fingerprint density at radius 2 is 2.06 bits per heavy atom. The van der Waals surface area contributed by atoms with Crippen LogP contribution in [0.2, 0.25) is 0 Å². The van der Waals surface area contributed by atoms with Gasteiger partial charge < -0.3 is 10.3 Å². The van der Waals surface area contributed by atoms with Gasteiger partial charge in [-0.15, -0.1) is 0 Å². The summed E-state index contributed by atoms with van der Waals surface area (Å²) in [4.78, 5) is 6.93. The fourth-order valence-electron chi connectivity index (χ4n) is 2.84. The lowest BCUT2D eigenvalue weighted by Gasteiger charge is -2.26. The van der Waals surface area contributed by atoms with E-state index >= 15 is 0 Å². The maximum Gasteiger partial charge on any atom is 0.0950 e. The molecule has 2 rings (SSSR count). The van der Waals surface area contributed by atoms with Crippen molar-refractivity contribution in [3.8, 4) is 0 Å². The number of hydrogen-bond donors (Lipinski definition) is 1. The number of hydrogen-bond acceptors (Lipinski definition) is 3. The van der Waals surface area contributed by atoms with Crippen molar-refractivity contribution in [2.45, 2.75) is 57.7 Å². The Morgan fingerprint density at radius 3 is 2.72 bits per heavy atom. The van der Waals surface area contributed by atoms with Crippen molar-refractivity contribution in [2.75, 3.05) is 13.6 Å². The van der Waals surface area contributed by atoms with Gasteiger partial charge in [-0.3, -0.25) is 4.90 Å². The minimum Gasteiger partial charge on any atom is -0.336 e. The molecule has 4 heteroatoms. The Morgan fingerprint density at radius 1 is 1.33 bits per heavy atom. The average molecular weight is 250 g/mol. The molecule has 1 fully saturated rings. The Bertz CT molecular complexity index is 339. The predicted octanol–water partition coefficient (Wildman–Crippen LogP) is 2.00. The maximum absolute atomic E-state index is 5.55. The fraction of sp³-hybridized carbons (Fsp3) is 0.786. The van der Waals surface area contributed by atoms with Crippen LogP contribution in [0.25, 0.3) is 0 Å². The van der Waals surface area contributed by atoms with Crippen LogP contribution < -0.4 is 5.73 Å². The first-order valence-corrected chi connectivity index (χ1v) is 7.20. The summed E-state index contributed by atoms with van der Waals surface area (Å²) < 4.78 is 2.08. The van der Waals surface area contributed by atoms with Gasteiger partial charge >= 0.3 is 0 Å². The molecule has 0 aliphatic heterocycles. The van der Waals surface area contributed by atoms with Crippen LogP contribution in [0, 0.1) is 0 Å². The quantitative estimate of drug-likeness (QED) is 0.813. The predicted molar refractivity (Wildman–Crippen MR) is 74.2 cm³/mol. The van der Waals surface area contributed by atoms with Crippen LogP contribution >= 0.6 is 0 Å². The first-order chi connectivity index (χ1) is 8.79. The summed E-state index contributed by atoms with van der Waals surface area (Å²) in [5.41, 5.74) is 6.71. The van der Waals surface area contributed by atoms with Gasteiger partial charge in [0.25, 0.3) is 0 Å². The highest BCUT2D eigenvalue weighted by Gasteiger charge is 2.17. The molecule has 0 unspecified atom stereocenters. The number of imidazole rings is 1. The summed E-state index contributed by atoms with van der Waals surface area (Å²) in [5, 5.41) is 0. The Balaban J connectivity index is 1.86. The number of rotatable bonds is 5. The third-order valence-corrected chi connectivity index (χ3v) is 3.93. The van der Waals surface area contributed by atoms with Crippen LogP contribution in [0.4, 0.5) is 0 Å². The zero-order valence-electron chi connectivity index (χ0n) is 11.5. The molecule has 1 aromatic rings. The van der Waals surface area contributed by atoms with Gasteiger partial charge in [0.15, 0.2) is 0 Å². The van der Waals surface area contributed by atoms with Crippen molar-refractivity contribution in [1.29, 1.82) is 0 Å². The van der Waals surface area contributed by atoms with Crippen molar-refractivity contribution in [3.63, 3.8) is 0 Å². The van der Waals surface area contributed by atoms with Gasteiger partial charge in [-0.05, 0) is 19.9 Å². The van der Waals surface area contributed by atoms with E-state index < -0.39 is 0 Å². The third kappa shape index (κ3) is 3.82. The van der Waals surface area contributed by atoms with Crippen LogP contribution in [0.1, 0.15) is 44.2 Å². The molecule has 0 spiro atoms. The molecule has 0 bridgehead atoms. The van der Waals surface area contributed by atoms with E-state index in [1.165, 1.54) is 38.5 Å². The highest BCUT2D eigenvalue weighted by molar-refractivity contribution is 4.97. The van der Waals surface area contributed by atoms with E-state index in [4.69, 9.17) is 5.73 Å². The van der Waals surface area contributed by atoms with Gasteiger partial charge in [0.2, 0.25) is 0 Å². The second-order valence-electron chi connectivity index (χ2n) is 5.45. The second-order valence-corrected chi connectivity index (χ2v) is 5.45. The maximum atomic E-state index is 5.55. The number of aromatic nitrogens is 2. The van der Waals surface area contributed by atoms with Gasteiger partial charge in [-0.25, -0.2) is 4.98 Å². The molecule has 1 heterocycles. The third-order valence-electron chi connectivity index (χ3n) is 3.93. The largest absolute Gasteiger partial charge is 0.336 e. The van der Waals surface area contributed by atoms with E-state index in [1.807, 2.05) is 6.33 Å². The molecule has 0 aromatic carbocycles. The smallest absolute Gasteiger partial charge is 0.0950 e. The molecule has 1 aliphatic rings. The lowest BCUT2D eigenvalue weighted by molar-refractivity contribution is 0.211. The first-order valence-electron chi connectivity index (χ1n) is 7.20. The van der Waals surface area contributed by atoms with Gasteiger partial charge in [0, 0.05) is 31.9 Å². The molecule has 4 nitrogen and oxygen atoms in total.